The van der Waals surface area contributed by atoms with Crippen molar-refractivity contribution in [3.63, 3.8) is 0 Å². The van der Waals surface area contributed by atoms with Crippen LogP contribution in [0, 0.1) is 10.1 Å². The number of non-ortho nitro benzene ring substituents is 1. The van der Waals surface area contributed by atoms with Crippen molar-refractivity contribution in [1.29, 1.82) is 0 Å². The maximum Gasteiger partial charge on any atom is 0.269 e. The van der Waals surface area contributed by atoms with Crippen LogP contribution in [0.1, 0.15) is 23.1 Å². The third kappa shape index (κ3) is 6.95. The number of hydrogen-bond donors (Lipinski definition) is 1. The summed E-state index contributed by atoms with van der Waals surface area (Å²) in [5, 5.41) is 14.7. The zero-order chi connectivity index (χ0) is 29.7. The van der Waals surface area contributed by atoms with Gasteiger partial charge in [0, 0.05) is 33.8 Å². The number of ether oxygens (including phenoxy) is 1. The number of hydrogen-bond acceptors (Lipinski definition) is 7. The summed E-state index contributed by atoms with van der Waals surface area (Å²) in [5.41, 5.74) is 1.62. The van der Waals surface area contributed by atoms with Crippen molar-refractivity contribution in [2.45, 2.75) is 16.9 Å². The van der Waals surface area contributed by atoms with Crippen LogP contribution in [0.4, 0.5) is 11.4 Å². The molecule has 41 heavy (non-hydrogen) atoms. The van der Waals surface area contributed by atoms with Gasteiger partial charge in [-0.25, -0.2) is 12.7 Å². The highest BCUT2D eigenvalue weighted by molar-refractivity contribution is 9.11. The van der Waals surface area contributed by atoms with Crippen LogP contribution in [-0.2, 0) is 14.8 Å². The SMILES string of the molecule is COc1ccc(S(=O)(=O)N(C)C(=O)[C@H](c2ccccc2)[C@H](Nc2cc(Br)cc(Br)c2)c2ccc([N+](=O)[O-])cc2)cc1. The highest BCUT2D eigenvalue weighted by Gasteiger charge is 2.38. The smallest absolute Gasteiger partial charge is 0.269 e. The predicted octanol–water partition coefficient (Wildman–Crippen LogP) is 6.91. The number of nitro groups is 1. The normalized spacial score (nSPS) is 12.7. The number of anilines is 1. The molecular formula is C29H25Br2N3O6S. The summed E-state index contributed by atoms with van der Waals surface area (Å²) in [6.45, 7) is 0. The van der Waals surface area contributed by atoms with Crippen molar-refractivity contribution in [3.05, 3.63) is 127 Å². The molecule has 0 radical (unpaired) electrons. The lowest BCUT2D eigenvalue weighted by Gasteiger charge is -2.32. The van der Waals surface area contributed by atoms with Crippen molar-refractivity contribution in [1.82, 2.24) is 4.31 Å². The molecule has 0 fully saturated rings. The summed E-state index contributed by atoms with van der Waals surface area (Å²) >= 11 is 6.95. The molecule has 0 bridgehead atoms. The fraction of sp³-hybridized carbons (Fsp3) is 0.138. The van der Waals surface area contributed by atoms with Gasteiger partial charge >= 0.3 is 0 Å². The van der Waals surface area contributed by atoms with Gasteiger partial charge in [-0.1, -0.05) is 74.3 Å². The average molecular weight is 703 g/mol. The van der Waals surface area contributed by atoms with Crippen LogP contribution in [0.2, 0.25) is 0 Å². The van der Waals surface area contributed by atoms with Crippen LogP contribution in [0.5, 0.6) is 5.75 Å². The summed E-state index contributed by atoms with van der Waals surface area (Å²) < 4.78 is 34.6. The fourth-order valence-corrected chi connectivity index (χ4v) is 6.78. The van der Waals surface area contributed by atoms with Crippen LogP contribution in [0.3, 0.4) is 0 Å². The molecule has 0 aliphatic heterocycles. The van der Waals surface area contributed by atoms with Gasteiger partial charge in [0.05, 0.1) is 28.9 Å². The van der Waals surface area contributed by atoms with Crippen LogP contribution in [-0.4, -0.2) is 37.7 Å². The van der Waals surface area contributed by atoms with E-state index in [1.807, 2.05) is 18.2 Å². The highest BCUT2D eigenvalue weighted by atomic mass is 79.9. The molecule has 9 nitrogen and oxygen atoms in total. The Morgan fingerprint density at radius 3 is 2.02 bits per heavy atom. The van der Waals surface area contributed by atoms with E-state index in [2.05, 4.69) is 37.2 Å². The number of carbonyl (C=O) groups is 1. The van der Waals surface area contributed by atoms with Crippen LogP contribution >= 0.6 is 31.9 Å². The van der Waals surface area contributed by atoms with Gasteiger partial charge in [-0.15, -0.1) is 0 Å². The molecule has 1 amide bonds. The minimum Gasteiger partial charge on any atom is -0.497 e. The number of sulfonamides is 1. The monoisotopic (exact) mass is 701 g/mol. The van der Waals surface area contributed by atoms with Gasteiger partial charge in [0.1, 0.15) is 5.75 Å². The minimum absolute atomic E-state index is 0.0725. The molecule has 0 saturated heterocycles. The van der Waals surface area contributed by atoms with Gasteiger partial charge in [-0.2, -0.15) is 0 Å². The Bertz CT molecular complexity index is 1630. The number of benzene rings is 4. The van der Waals surface area contributed by atoms with E-state index < -0.39 is 32.8 Å². The van der Waals surface area contributed by atoms with E-state index in [9.17, 15) is 23.3 Å². The van der Waals surface area contributed by atoms with E-state index in [0.29, 0.717) is 22.6 Å². The lowest BCUT2D eigenvalue weighted by Crippen LogP contribution is -2.40. The van der Waals surface area contributed by atoms with E-state index in [1.54, 1.807) is 42.5 Å². The van der Waals surface area contributed by atoms with Gasteiger partial charge < -0.3 is 10.1 Å². The van der Waals surface area contributed by atoms with Gasteiger partial charge in [-0.3, -0.25) is 14.9 Å². The molecule has 4 rings (SSSR count). The summed E-state index contributed by atoms with van der Waals surface area (Å²) in [7, 11) is -1.55. The van der Waals surface area contributed by atoms with Crippen molar-refractivity contribution >= 4 is 59.2 Å². The Balaban J connectivity index is 1.85. The number of nitrogens with zero attached hydrogens (tertiary/aromatic N) is 2. The van der Waals surface area contributed by atoms with E-state index in [4.69, 9.17) is 4.74 Å². The van der Waals surface area contributed by atoms with Gasteiger partial charge in [0.15, 0.2) is 0 Å². The van der Waals surface area contributed by atoms with Crippen molar-refractivity contribution in [2.24, 2.45) is 0 Å². The van der Waals surface area contributed by atoms with E-state index >= 15 is 0 Å². The maximum atomic E-state index is 14.3. The summed E-state index contributed by atoms with van der Waals surface area (Å²) in [6.07, 6.45) is 0. The number of methoxy groups -OCH3 is 1. The van der Waals surface area contributed by atoms with Crippen molar-refractivity contribution in [3.8, 4) is 5.75 Å². The molecule has 0 aliphatic rings. The first-order valence-electron chi connectivity index (χ1n) is 12.2. The lowest BCUT2D eigenvalue weighted by molar-refractivity contribution is -0.384. The fourth-order valence-electron chi connectivity index (χ4n) is 4.34. The van der Waals surface area contributed by atoms with E-state index in [0.717, 1.165) is 13.3 Å². The quantitative estimate of drug-likeness (QED) is 0.141. The molecule has 0 spiro atoms. The number of rotatable bonds is 10. The first-order chi connectivity index (χ1) is 19.5. The molecule has 2 atom stereocenters. The van der Waals surface area contributed by atoms with Crippen molar-refractivity contribution < 1.29 is 22.9 Å². The number of carbonyl (C=O) groups excluding carboxylic acids is 1. The Kier molecular flexibility index (Phi) is 9.46. The molecule has 4 aromatic rings. The van der Waals surface area contributed by atoms with E-state index in [-0.39, 0.29) is 10.6 Å². The predicted molar refractivity (Wildman–Crippen MR) is 163 cm³/mol. The second-order valence-corrected chi connectivity index (χ2v) is 12.8. The van der Waals surface area contributed by atoms with Crippen LogP contribution in [0.25, 0.3) is 0 Å². The van der Waals surface area contributed by atoms with E-state index in [1.165, 1.54) is 50.6 Å². The third-order valence-electron chi connectivity index (χ3n) is 6.43. The lowest BCUT2D eigenvalue weighted by atomic mass is 9.86. The molecular weight excluding hydrogens is 678 g/mol. The second-order valence-electron chi connectivity index (χ2n) is 9.00. The molecule has 12 heteroatoms. The Labute approximate surface area is 254 Å². The van der Waals surface area contributed by atoms with Gasteiger partial charge in [0.2, 0.25) is 5.91 Å². The van der Waals surface area contributed by atoms with Crippen LogP contribution in [0.15, 0.2) is 111 Å². The molecule has 0 saturated carbocycles. The number of likely N-dealkylation sites (N-methyl/N-ethyl adjacent to an activating group) is 1. The largest absolute Gasteiger partial charge is 0.497 e. The molecule has 0 aromatic heterocycles. The first kappa shape index (κ1) is 30.2. The zero-order valence-corrected chi connectivity index (χ0v) is 25.9. The maximum absolute atomic E-state index is 14.3. The van der Waals surface area contributed by atoms with Crippen LogP contribution < -0.4 is 10.1 Å². The Morgan fingerprint density at radius 2 is 1.49 bits per heavy atom. The summed E-state index contributed by atoms with van der Waals surface area (Å²) in [6, 6.07) is 25.0. The molecule has 212 valence electrons. The number of amides is 1. The number of nitro benzene ring substituents is 1. The molecule has 0 unspecified atom stereocenters. The standard InChI is InChI=1S/C29H25Br2N3O6S/c1-33(41(38,39)26-14-12-25(40-2)13-15-26)29(35)27(19-6-4-3-5-7-19)28(20-8-10-24(11-9-20)34(36)37)32-23-17-21(30)16-22(31)18-23/h3-18,27-28,32H,1-2H3/t27-,28-/m1/s1. The van der Waals surface area contributed by atoms with Crippen molar-refractivity contribution in [2.75, 3.05) is 19.5 Å². The highest BCUT2D eigenvalue weighted by Crippen LogP contribution is 2.38. The molecule has 1 N–H and O–H groups in total. The number of nitrogens with one attached hydrogen (secondary N) is 1. The third-order valence-corrected chi connectivity index (χ3v) is 9.12. The average Bonchev–Trinajstić information content (AvgIpc) is 2.96. The molecule has 0 aliphatic carbocycles. The molecule has 0 heterocycles. The summed E-state index contributed by atoms with van der Waals surface area (Å²) in [5.74, 6) is -1.27. The number of halogens is 2. The minimum atomic E-state index is -4.24. The zero-order valence-electron chi connectivity index (χ0n) is 21.9. The van der Waals surface area contributed by atoms with Gasteiger partial charge in [0.25, 0.3) is 15.7 Å². The van der Waals surface area contributed by atoms with Gasteiger partial charge in [-0.05, 0) is 53.6 Å². The second kappa shape index (κ2) is 12.8. The summed E-state index contributed by atoms with van der Waals surface area (Å²) in [4.78, 5) is 25.0. The Hall–Kier alpha value is -3.74. The Morgan fingerprint density at radius 1 is 0.902 bits per heavy atom. The topological polar surface area (TPSA) is 119 Å². The first-order valence-corrected chi connectivity index (χ1v) is 15.2. The molecule has 4 aromatic carbocycles.